The van der Waals surface area contributed by atoms with Crippen LogP contribution >= 0.6 is 0 Å². The Morgan fingerprint density at radius 1 is 1.22 bits per heavy atom. The van der Waals surface area contributed by atoms with Crippen molar-refractivity contribution in [3.63, 3.8) is 0 Å². The van der Waals surface area contributed by atoms with Crippen molar-refractivity contribution in [3.05, 3.63) is 12.2 Å². The standard InChI is InChI=1S/C13H20N4O/c18-13(12-14-9-15-16-12)17-8-4-7-11(17)10-5-2-1-3-6-10/h9-11H,1-8H2,(H,14,15,16). The van der Waals surface area contributed by atoms with Crippen molar-refractivity contribution in [2.24, 2.45) is 5.92 Å². The molecule has 18 heavy (non-hydrogen) atoms. The smallest absolute Gasteiger partial charge is 0.291 e. The maximum atomic E-state index is 12.4. The zero-order chi connectivity index (χ0) is 12.4. The average Bonchev–Trinajstić information content (AvgIpc) is 3.10. The number of carbonyl (C=O) groups excluding carboxylic acids is 1. The van der Waals surface area contributed by atoms with Gasteiger partial charge in [-0.15, -0.1) is 0 Å². The lowest BCUT2D eigenvalue weighted by molar-refractivity contribution is 0.0649. The number of nitrogens with zero attached hydrogens (tertiary/aromatic N) is 3. The molecule has 5 heteroatoms. The summed E-state index contributed by atoms with van der Waals surface area (Å²) < 4.78 is 0. The summed E-state index contributed by atoms with van der Waals surface area (Å²) >= 11 is 0. The van der Waals surface area contributed by atoms with Crippen LogP contribution in [0.15, 0.2) is 6.33 Å². The van der Waals surface area contributed by atoms with Crippen LogP contribution in [-0.2, 0) is 0 Å². The predicted octanol–water partition coefficient (Wildman–Crippen LogP) is 1.99. The highest BCUT2D eigenvalue weighted by molar-refractivity contribution is 5.90. The molecule has 1 aliphatic carbocycles. The Kier molecular flexibility index (Phi) is 3.30. The molecule has 0 radical (unpaired) electrons. The fraction of sp³-hybridized carbons (Fsp3) is 0.769. The topological polar surface area (TPSA) is 61.9 Å². The lowest BCUT2D eigenvalue weighted by Crippen LogP contribution is -2.41. The van der Waals surface area contributed by atoms with Gasteiger partial charge in [0, 0.05) is 12.6 Å². The summed E-state index contributed by atoms with van der Waals surface area (Å²) in [5.74, 6) is 1.12. The van der Waals surface area contributed by atoms with Gasteiger partial charge in [-0.1, -0.05) is 19.3 Å². The van der Waals surface area contributed by atoms with Gasteiger partial charge in [-0.3, -0.25) is 9.89 Å². The van der Waals surface area contributed by atoms with E-state index in [1.54, 1.807) is 0 Å². The van der Waals surface area contributed by atoms with Crippen molar-refractivity contribution in [2.75, 3.05) is 6.54 Å². The largest absolute Gasteiger partial charge is 0.333 e. The van der Waals surface area contributed by atoms with Crippen molar-refractivity contribution >= 4 is 5.91 Å². The Labute approximate surface area is 107 Å². The minimum atomic E-state index is 0.0283. The molecule has 1 saturated carbocycles. The molecule has 0 aromatic carbocycles. The molecule has 5 nitrogen and oxygen atoms in total. The predicted molar refractivity (Wildman–Crippen MR) is 67.0 cm³/mol. The highest BCUT2D eigenvalue weighted by Crippen LogP contribution is 2.34. The van der Waals surface area contributed by atoms with Crippen LogP contribution in [0.25, 0.3) is 0 Å². The maximum absolute atomic E-state index is 12.4. The van der Waals surface area contributed by atoms with E-state index in [4.69, 9.17) is 0 Å². The Morgan fingerprint density at radius 3 is 2.78 bits per heavy atom. The number of H-pyrrole nitrogens is 1. The summed E-state index contributed by atoms with van der Waals surface area (Å²) in [5, 5.41) is 6.45. The highest BCUT2D eigenvalue weighted by Gasteiger charge is 2.36. The van der Waals surface area contributed by atoms with Gasteiger partial charge in [-0.05, 0) is 31.6 Å². The lowest BCUT2D eigenvalue weighted by atomic mass is 9.83. The van der Waals surface area contributed by atoms with Gasteiger partial charge in [-0.25, -0.2) is 4.98 Å². The summed E-state index contributed by atoms with van der Waals surface area (Å²) in [5.41, 5.74) is 0. The number of carbonyl (C=O) groups is 1. The molecule has 2 fully saturated rings. The SMILES string of the molecule is O=C(c1ncn[nH]1)N1CCCC1C1CCCCC1. The first-order chi connectivity index (χ1) is 8.86. The first-order valence-electron chi connectivity index (χ1n) is 7.02. The summed E-state index contributed by atoms with van der Waals surface area (Å²) in [6.07, 6.45) is 10.3. The van der Waals surface area contributed by atoms with Gasteiger partial charge in [0.25, 0.3) is 5.91 Å². The second-order valence-corrected chi connectivity index (χ2v) is 5.44. The second kappa shape index (κ2) is 5.08. The molecule has 1 amide bonds. The zero-order valence-corrected chi connectivity index (χ0v) is 10.6. The first kappa shape index (κ1) is 11.7. The first-order valence-corrected chi connectivity index (χ1v) is 7.02. The maximum Gasteiger partial charge on any atom is 0.291 e. The molecule has 1 atom stereocenters. The Bertz CT molecular complexity index is 397. The van der Waals surface area contributed by atoms with Gasteiger partial charge in [0.2, 0.25) is 5.82 Å². The van der Waals surface area contributed by atoms with Gasteiger partial charge in [0.05, 0.1) is 0 Å². The van der Waals surface area contributed by atoms with E-state index in [2.05, 4.69) is 15.2 Å². The van der Waals surface area contributed by atoms with E-state index in [9.17, 15) is 4.79 Å². The molecular formula is C13H20N4O. The number of rotatable bonds is 2. The van der Waals surface area contributed by atoms with Crippen molar-refractivity contribution < 1.29 is 4.79 Å². The van der Waals surface area contributed by atoms with Crippen molar-refractivity contribution in [1.29, 1.82) is 0 Å². The van der Waals surface area contributed by atoms with Crippen LogP contribution < -0.4 is 0 Å². The van der Waals surface area contributed by atoms with E-state index < -0.39 is 0 Å². The Hall–Kier alpha value is -1.39. The van der Waals surface area contributed by atoms with E-state index >= 15 is 0 Å². The molecule has 0 bridgehead atoms. The molecule has 3 rings (SSSR count). The number of hydrogen-bond donors (Lipinski definition) is 1. The molecule has 2 aliphatic rings. The normalized spacial score (nSPS) is 25.6. The Balaban J connectivity index is 1.72. The van der Waals surface area contributed by atoms with Crippen LogP contribution in [0.1, 0.15) is 55.6 Å². The van der Waals surface area contributed by atoms with Crippen molar-refractivity contribution in [3.8, 4) is 0 Å². The fourth-order valence-electron chi connectivity index (χ4n) is 3.50. The van der Waals surface area contributed by atoms with Crippen LogP contribution in [0.2, 0.25) is 0 Å². The molecule has 1 aromatic rings. The van der Waals surface area contributed by atoms with E-state index in [0.29, 0.717) is 17.8 Å². The second-order valence-electron chi connectivity index (χ2n) is 5.44. The molecular weight excluding hydrogens is 228 g/mol. The number of aromatic nitrogens is 3. The minimum absolute atomic E-state index is 0.0283. The van der Waals surface area contributed by atoms with Crippen LogP contribution in [0.3, 0.4) is 0 Å². The number of hydrogen-bond acceptors (Lipinski definition) is 3. The average molecular weight is 248 g/mol. The lowest BCUT2D eigenvalue weighted by Gasteiger charge is -2.33. The number of nitrogens with one attached hydrogen (secondary N) is 1. The van der Waals surface area contributed by atoms with E-state index in [-0.39, 0.29) is 5.91 Å². The van der Waals surface area contributed by atoms with Crippen LogP contribution in [-0.4, -0.2) is 38.6 Å². The molecule has 1 unspecified atom stereocenters. The third-order valence-electron chi connectivity index (χ3n) is 4.37. The molecule has 2 heterocycles. The van der Waals surface area contributed by atoms with E-state index in [1.165, 1.54) is 38.4 Å². The van der Waals surface area contributed by atoms with Crippen LogP contribution in [0.5, 0.6) is 0 Å². The van der Waals surface area contributed by atoms with Gasteiger partial charge in [0.15, 0.2) is 0 Å². The molecule has 1 aliphatic heterocycles. The Morgan fingerprint density at radius 2 is 2.06 bits per heavy atom. The van der Waals surface area contributed by atoms with Gasteiger partial charge >= 0.3 is 0 Å². The van der Waals surface area contributed by atoms with Crippen molar-refractivity contribution in [2.45, 2.75) is 51.0 Å². The molecule has 1 saturated heterocycles. The molecule has 1 N–H and O–H groups in total. The third kappa shape index (κ3) is 2.13. The number of amides is 1. The monoisotopic (exact) mass is 248 g/mol. The molecule has 98 valence electrons. The fourth-order valence-corrected chi connectivity index (χ4v) is 3.50. The van der Waals surface area contributed by atoms with Crippen molar-refractivity contribution in [1.82, 2.24) is 20.1 Å². The number of likely N-dealkylation sites (tertiary alicyclic amines) is 1. The summed E-state index contributed by atoms with van der Waals surface area (Å²) in [6, 6.07) is 0.433. The molecule has 1 aromatic heterocycles. The van der Waals surface area contributed by atoms with Gasteiger partial charge in [0.1, 0.15) is 6.33 Å². The summed E-state index contributed by atoms with van der Waals surface area (Å²) in [6.45, 7) is 0.876. The van der Waals surface area contributed by atoms with E-state index in [1.807, 2.05) is 4.90 Å². The molecule has 0 spiro atoms. The third-order valence-corrected chi connectivity index (χ3v) is 4.37. The van der Waals surface area contributed by atoms with E-state index in [0.717, 1.165) is 19.4 Å². The van der Waals surface area contributed by atoms with Gasteiger partial charge in [-0.2, -0.15) is 5.10 Å². The minimum Gasteiger partial charge on any atom is -0.333 e. The highest BCUT2D eigenvalue weighted by atomic mass is 16.2. The quantitative estimate of drug-likeness (QED) is 0.870. The van der Waals surface area contributed by atoms with Crippen LogP contribution in [0, 0.1) is 5.92 Å². The van der Waals surface area contributed by atoms with Crippen LogP contribution in [0.4, 0.5) is 0 Å². The van der Waals surface area contributed by atoms with Gasteiger partial charge < -0.3 is 4.90 Å². The number of aromatic amines is 1. The zero-order valence-electron chi connectivity index (χ0n) is 10.6. The summed E-state index contributed by atoms with van der Waals surface area (Å²) in [7, 11) is 0. The summed E-state index contributed by atoms with van der Waals surface area (Å²) in [4.78, 5) is 18.4.